The third-order valence-electron chi connectivity index (χ3n) is 3.04. The van der Waals surface area contributed by atoms with Crippen molar-refractivity contribution in [1.82, 2.24) is 10.3 Å². The Balaban J connectivity index is 1.65. The number of hydrogen-bond donors (Lipinski definition) is 1. The molecule has 0 amide bonds. The molecule has 1 aliphatic heterocycles. The van der Waals surface area contributed by atoms with Crippen LogP contribution in [0.5, 0.6) is 0 Å². The molecule has 1 aromatic carbocycles. The summed E-state index contributed by atoms with van der Waals surface area (Å²) in [6.07, 6.45) is 2.80. The Bertz CT molecular complexity index is 534. The molecule has 1 aliphatic rings. The molecule has 1 atom stereocenters. The first-order chi connectivity index (χ1) is 8.92. The van der Waals surface area contributed by atoms with Crippen LogP contribution in [0.2, 0.25) is 0 Å². The Kier molecular flexibility index (Phi) is 3.05. The molecule has 1 aromatic heterocycles. The first-order valence-electron chi connectivity index (χ1n) is 6.18. The Morgan fingerprint density at radius 1 is 1.06 bits per heavy atom. The molecule has 0 fully saturated rings. The van der Waals surface area contributed by atoms with Gasteiger partial charge in [-0.25, -0.2) is 0 Å². The van der Waals surface area contributed by atoms with E-state index in [4.69, 9.17) is 0 Å². The maximum absolute atomic E-state index is 4.53. The van der Waals surface area contributed by atoms with Gasteiger partial charge in [0.25, 0.3) is 0 Å². The van der Waals surface area contributed by atoms with E-state index in [1.807, 2.05) is 24.3 Å². The molecule has 1 N–H and O–H groups in total. The van der Waals surface area contributed by atoms with Gasteiger partial charge in [0, 0.05) is 6.20 Å². The predicted octanol–water partition coefficient (Wildman–Crippen LogP) is 2.04. The second-order valence-corrected chi connectivity index (χ2v) is 4.44. The maximum Gasteiger partial charge on any atom is 0.147 e. The van der Waals surface area contributed by atoms with Gasteiger partial charge in [0.1, 0.15) is 11.5 Å². The summed E-state index contributed by atoms with van der Waals surface area (Å²) < 4.78 is 0. The van der Waals surface area contributed by atoms with E-state index in [9.17, 15) is 0 Å². The molecule has 0 radical (unpaired) electrons. The van der Waals surface area contributed by atoms with Crippen LogP contribution in [0.3, 0.4) is 0 Å². The van der Waals surface area contributed by atoms with Crippen LogP contribution in [0.25, 0.3) is 0 Å². The Labute approximate surface area is 107 Å². The van der Waals surface area contributed by atoms with E-state index in [1.54, 1.807) is 6.20 Å². The van der Waals surface area contributed by atoms with Gasteiger partial charge in [-0.1, -0.05) is 36.4 Å². The average Bonchev–Trinajstić information content (AvgIpc) is 2.89. The molecule has 0 aliphatic carbocycles. The fraction of sp³-hybridized carbons (Fsp3) is 0.200. The zero-order valence-corrected chi connectivity index (χ0v) is 10.1. The zero-order valence-electron chi connectivity index (χ0n) is 10.1. The van der Waals surface area contributed by atoms with Crippen LogP contribution >= 0.6 is 0 Å². The van der Waals surface area contributed by atoms with Crippen molar-refractivity contribution in [3.05, 3.63) is 66.0 Å². The van der Waals surface area contributed by atoms with Gasteiger partial charge in [-0.05, 0) is 24.1 Å². The van der Waals surface area contributed by atoms with Crippen LogP contribution in [0.4, 0.5) is 0 Å². The minimum Gasteiger partial charge on any atom is -0.364 e. The van der Waals surface area contributed by atoms with Crippen molar-refractivity contribution in [3.63, 3.8) is 0 Å². The molecule has 0 bridgehead atoms. The molecule has 18 heavy (non-hydrogen) atoms. The number of aromatic nitrogens is 1. The maximum atomic E-state index is 4.53. The molecule has 90 valence electrons. The van der Waals surface area contributed by atoms with Crippen molar-refractivity contribution in [2.24, 2.45) is 4.99 Å². The molecule has 3 heteroatoms. The lowest BCUT2D eigenvalue weighted by atomic mass is 10.1. The van der Waals surface area contributed by atoms with Crippen molar-refractivity contribution in [1.29, 1.82) is 0 Å². The van der Waals surface area contributed by atoms with Gasteiger partial charge < -0.3 is 5.32 Å². The zero-order chi connectivity index (χ0) is 12.2. The lowest BCUT2D eigenvalue weighted by molar-refractivity contribution is 0.654. The van der Waals surface area contributed by atoms with Crippen LogP contribution in [0.1, 0.15) is 11.3 Å². The third kappa shape index (κ3) is 2.40. The van der Waals surface area contributed by atoms with Crippen LogP contribution < -0.4 is 5.32 Å². The van der Waals surface area contributed by atoms with Gasteiger partial charge in [0.15, 0.2) is 0 Å². The number of pyridine rings is 1. The number of amidine groups is 1. The standard InChI is InChI=1S/C15H15N3/c1-2-6-12(7-3-1)10-13-11-17-15(18-13)14-8-4-5-9-16-14/h1-9,13H,10-11H2,(H,17,18)/t13-/m0/s1. The average molecular weight is 237 g/mol. The van der Waals surface area contributed by atoms with Gasteiger partial charge in [-0.3, -0.25) is 9.98 Å². The molecule has 0 saturated heterocycles. The lowest BCUT2D eigenvalue weighted by Crippen LogP contribution is -2.32. The van der Waals surface area contributed by atoms with Crippen LogP contribution in [0.15, 0.2) is 59.7 Å². The van der Waals surface area contributed by atoms with E-state index < -0.39 is 0 Å². The molecule has 0 saturated carbocycles. The normalized spacial score (nSPS) is 18.2. The van der Waals surface area contributed by atoms with E-state index in [0.717, 1.165) is 24.5 Å². The van der Waals surface area contributed by atoms with Gasteiger partial charge in [0.05, 0.1) is 12.6 Å². The van der Waals surface area contributed by atoms with Crippen molar-refractivity contribution < 1.29 is 0 Å². The Morgan fingerprint density at radius 3 is 2.67 bits per heavy atom. The second kappa shape index (κ2) is 5.00. The largest absolute Gasteiger partial charge is 0.364 e. The molecular formula is C15H15N3. The summed E-state index contributed by atoms with van der Waals surface area (Å²) in [7, 11) is 0. The molecule has 3 nitrogen and oxygen atoms in total. The second-order valence-electron chi connectivity index (χ2n) is 4.44. The van der Waals surface area contributed by atoms with E-state index in [2.05, 4.69) is 39.6 Å². The van der Waals surface area contributed by atoms with Gasteiger partial charge >= 0.3 is 0 Å². The van der Waals surface area contributed by atoms with Crippen LogP contribution in [-0.2, 0) is 6.42 Å². The molecule has 0 unspecified atom stereocenters. The number of rotatable bonds is 3. The third-order valence-corrected chi connectivity index (χ3v) is 3.04. The van der Waals surface area contributed by atoms with Gasteiger partial charge in [-0.2, -0.15) is 0 Å². The molecule has 0 spiro atoms. The SMILES string of the molecule is c1ccc(C[C@H]2CN=C(c3ccccn3)N2)cc1. The number of aliphatic imine (C=N–C) groups is 1. The van der Waals surface area contributed by atoms with Crippen LogP contribution in [-0.4, -0.2) is 23.4 Å². The van der Waals surface area contributed by atoms with Crippen molar-refractivity contribution in [3.8, 4) is 0 Å². The minimum atomic E-state index is 0.379. The highest BCUT2D eigenvalue weighted by molar-refractivity contribution is 5.98. The minimum absolute atomic E-state index is 0.379. The Hall–Kier alpha value is -2.16. The fourth-order valence-electron chi connectivity index (χ4n) is 2.16. The fourth-order valence-corrected chi connectivity index (χ4v) is 2.16. The molecule has 3 rings (SSSR count). The van der Waals surface area contributed by atoms with Crippen molar-refractivity contribution >= 4 is 5.84 Å². The van der Waals surface area contributed by atoms with E-state index in [1.165, 1.54) is 5.56 Å². The smallest absolute Gasteiger partial charge is 0.147 e. The highest BCUT2D eigenvalue weighted by Crippen LogP contribution is 2.09. The van der Waals surface area contributed by atoms with Gasteiger partial charge in [0.2, 0.25) is 0 Å². The molecule has 2 heterocycles. The number of benzene rings is 1. The topological polar surface area (TPSA) is 37.3 Å². The van der Waals surface area contributed by atoms with E-state index in [-0.39, 0.29) is 0 Å². The number of nitrogens with zero attached hydrogens (tertiary/aromatic N) is 2. The summed E-state index contributed by atoms with van der Waals surface area (Å²) in [6.45, 7) is 0.820. The van der Waals surface area contributed by atoms with E-state index >= 15 is 0 Å². The van der Waals surface area contributed by atoms with Gasteiger partial charge in [-0.15, -0.1) is 0 Å². The van der Waals surface area contributed by atoms with E-state index in [0.29, 0.717) is 6.04 Å². The summed E-state index contributed by atoms with van der Waals surface area (Å²) in [5, 5.41) is 3.44. The number of hydrogen-bond acceptors (Lipinski definition) is 3. The lowest BCUT2D eigenvalue weighted by Gasteiger charge is -2.11. The highest BCUT2D eigenvalue weighted by Gasteiger charge is 2.19. The summed E-state index contributed by atoms with van der Waals surface area (Å²) in [5.41, 5.74) is 2.26. The summed E-state index contributed by atoms with van der Waals surface area (Å²) in [6, 6.07) is 16.8. The Morgan fingerprint density at radius 2 is 1.89 bits per heavy atom. The predicted molar refractivity (Wildman–Crippen MR) is 72.7 cm³/mol. The first-order valence-corrected chi connectivity index (χ1v) is 6.18. The number of nitrogens with one attached hydrogen (secondary N) is 1. The van der Waals surface area contributed by atoms with Crippen molar-refractivity contribution in [2.75, 3.05) is 6.54 Å². The monoisotopic (exact) mass is 237 g/mol. The van der Waals surface area contributed by atoms with Crippen LogP contribution in [0, 0.1) is 0 Å². The quantitative estimate of drug-likeness (QED) is 0.887. The highest BCUT2D eigenvalue weighted by atomic mass is 15.1. The summed E-state index contributed by atoms with van der Waals surface area (Å²) >= 11 is 0. The first kappa shape index (κ1) is 11.0. The molecule has 2 aromatic rings. The summed E-state index contributed by atoms with van der Waals surface area (Å²) in [4.78, 5) is 8.84. The molecular weight excluding hydrogens is 222 g/mol. The van der Waals surface area contributed by atoms with Crippen molar-refractivity contribution in [2.45, 2.75) is 12.5 Å². The summed E-state index contributed by atoms with van der Waals surface area (Å²) in [5.74, 6) is 0.913.